The minimum atomic E-state index is -0.173. The fourth-order valence-electron chi connectivity index (χ4n) is 3.63. The number of hydrogen-bond donors (Lipinski definition) is 2. The van der Waals surface area contributed by atoms with Gasteiger partial charge in [0.25, 0.3) is 0 Å². The highest BCUT2D eigenvalue weighted by atomic mass is 32.1. The zero-order valence-electron chi connectivity index (χ0n) is 15.9. The smallest absolute Gasteiger partial charge is 0.207 e. The number of aliphatic hydroxyl groups excluding tert-OH is 1. The van der Waals surface area contributed by atoms with Gasteiger partial charge in [-0.2, -0.15) is 4.68 Å². The minimum Gasteiger partial charge on any atom is -0.497 e. The molecule has 0 unspecified atom stereocenters. The fourth-order valence-corrected chi connectivity index (χ4v) is 3.93. The van der Waals surface area contributed by atoms with E-state index in [4.69, 9.17) is 22.1 Å². The third-order valence-corrected chi connectivity index (χ3v) is 5.63. The van der Waals surface area contributed by atoms with Crippen molar-refractivity contribution in [3.8, 4) is 22.8 Å². The van der Waals surface area contributed by atoms with Crippen molar-refractivity contribution in [1.29, 1.82) is 0 Å². The van der Waals surface area contributed by atoms with E-state index < -0.39 is 0 Å². The Balaban J connectivity index is 1.74. The molecule has 0 amide bonds. The summed E-state index contributed by atoms with van der Waals surface area (Å²) < 4.78 is 9.89. The lowest BCUT2D eigenvalue weighted by atomic mass is 10.1. The van der Waals surface area contributed by atoms with E-state index in [9.17, 15) is 5.11 Å². The number of methoxy groups -OCH3 is 1. The summed E-state index contributed by atoms with van der Waals surface area (Å²) in [7, 11) is 1.66. The number of aliphatic hydroxyl groups is 1. The van der Waals surface area contributed by atoms with Crippen LogP contribution in [0.2, 0.25) is 0 Å². The molecule has 7 heteroatoms. The van der Waals surface area contributed by atoms with E-state index in [0.717, 1.165) is 48.8 Å². The number of para-hydroxylation sites is 1. The molecule has 146 valence electrons. The molecule has 0 atom stereocenters. The molecule has 1 saturated heterocycles. The van der Waals surface area contributed by atoms with Crippen LogP contribution in [-0.2, 0) is 6.67 Å². The van der Waals surface area contributed by atoms with Gasteiger partial charge in [-0.3, -0.25) is 4.57 Å². The van der Waals surface area contributed by atoms with Gasteiger partial charge in [0, 0.05) is 24.1 Å². The molecule has 6 nitrogen and oxygen atoms in total. The minimum absolute atomic E-state index is 0.173. The van der Waals surface area contributed by atoms with Gasteiger partial charge in [0.2, 0.25) is 4.77 Å². The average Bonchev–Trinajstić information content (AvgIpc) is 3.06. The normalized spacial score (nSPS) is 19.5. The zero-order chi connectivity index (χ0) is 19.5. The molecule has 2 N–H and O–H groups in total. The maximum atomic E-state index is 9.77. The van der Waals surface area contributed by atoms with Gasteiger partial charge in [-0.1, -0.05) is 18.2 Å². The van der Waals surface area contributed by atoms with Crippen LogP contribution in [0.1, 0.15) is 12.8 Å². The topological polar surface area (TPSA) is 56.6 Å². The Kier molecular flexibility index (Phi) is 5.57. The van der Waals surface area contributed by atoms with Gasteiger partial charge in [-0.15, -0.1) is 5.10 Å². The molecule has 0 saturated carbocycles. The highest BCUT2D eigenvalue weighted by Gasteiger charge is 2.22. The summed E-state index contributed by atoms with van der Waals surface area (Å²) in [5.41, 5.74) is 1.98. The molecule has 4 rings (SSSR count). The number of hydrogen-bond acceptors (Lipinski definition) is 4. The zero-order valence-corrected chi connectivity index (χ0v) is 16.7. The molecule has 2 aromatic carbocycles. The summed E-state index contributed by atoms with van der Waals surface area (Å²) >= 11 is 5.81. The molecule has 1 aromatic heterocycles. The Morgan fingerprint density at radius 1 is 1.11 bits per heavy atom. The number of nitrogens with one attached hydrogen (secondary N) is 1. The summed E-state index contributed by atoms with van der Waals surface area (Å²) in [6.07, 6.45) is 1.48. The lowest BCUT2D eigenvalue weighted by Gasteiger charge is -2.26. The number of aromatic nitrogens is 3. The monoisotopic (exact) mass is 397 g/mol. The summed E-state index contributed by atoms with van der Waals surface area (Å²) in [6.45, 7) is 2.56. The van der Waals surface area contributed by atoms with E-state index in [1.54, 1.807) is 7.11 Å². The average molecular weight is 398 g/mol. The predicted molar refractivity (Wildman–Crippen MR) is 110 cm³/mol. The van der Waals surface area contributed by atoms with Crippen LogP contribution in [-0.4, -0.2) is 45.8 Å². The molecule has 0 bridgehead atoms. The second kappa shape index (κ2) is 8.26. The Bertz CT molecular complexity index is 974. The van der Waals surface area contributed by atoms with E-state index >= 15 is 0 Å². The SMILES string of the molecule is COc1ccc(-c2nn(C[NH+]3CCC(O)CC3)c(=S)n2-c2ccccc2)cc1. The van der Waals surface area contributed by atoms with E-state index in [1.165, 1.54) is 4.90 Å². The van der Waals surface area contributed by atoms with Crippen LogP contribution in [0.25, 0.3) is 17.1 Å². The number of ether oxygens (including phenoxy) is 1. The number of likely N-dealkylation sites (tertiary alicyclic amines) is 1. The molecule has 1 aliphatic heterocycles. The van der Waals surface area contributed by atoms with Crippen LogP contribution in [0.4, 0.5) is 0 Å². The standard InChI is InChI=1S/C21H24N4O2S/c1-27-19-9-7-16(8-10-19)20-22-24(15-23-13-11-18(26)12-14-23)21(28)25(20)17-5-3-2-4-6-17/h2-10,18,26H,11-15H2,1H3/p+1. The van der Waals surface area contributed by atoms with Crippen LogP contribution < -0.4 is 9.64 Å². The van der Waals surface area contributed by atoms with Crippen molar-refractivity contribution in [1.82, 2.24) is 14.3 Å². The first-order valence-corrected chi connectivity index (χ1v) is 9.98. The van der Waals surface area contributed by atoms with Crippen molar-refractivity contribution in [3.63, 3.8) is 0 Å². The number of piperidine rings is 1. The van der Waals surface area contributed by atoms with Gasteiger partial charge >= 0.3 is 0 Å². The van der Waals surface area contributed by atoms with E-state index in [2.05, 4.69) is 0 Å². The number of rotatable bonds is 5. The Morgan fingerprint density at radius 3 is 2.43 bits per heavy atom. The predicted octanol–water partition coefficient (Wildman–Crippen LogP) is 2.08. The third kappa shape index (κ3) is 3.87. The molecule has 0 spiro atoms. The van der Waals surface area contributed by atoms with Crippen molar-refractivity contribution in [3.05, 3.63) is 59.4 Å². The first kappa shape index (κ1) is 18.9. The summed E-state index contributed by atoms with van der Waals surface area (Å²) in [4.78, 5) is 1.39. The van der Waals surface area contributed by atoms with E-state index in [-0.39, 0.29) is 6.10 Å². The van der Waals surface area contributed by atoms with Crippen LogP contribution in [0.5, 0.6) is 5.75 Å². The Morgan fingerprint density at radius 2 is 1.79 bits per heavy atom. The first-order chi connectivity index (χ1) is 13.7. The molecule has 28 heavy (non-hydrogen) atoms. The molecule has 0 radical (unpaired) electrons. The van der Waals surface area contributed by atoms with Crippen LogP contribution in [0.3, 0.4) is 0 Å². The second-order valence-corrected chi connectivity index (χ2v) is 7.51. The van der Waals surface area contributed by atoms with Gasteiger partial charge in [0.05, 0.1) is 26.3 Å². The van der Waals surface area contributed by atoms with Crippen LogP contribution in [0, 0.1) is 4.77 Å². The van der Waals surface area contributed by atoms with Crippen LogP contribution >= 0.6 is 12.2 Å². The Hall–Kier alpha value is -2.48. The quantitative estimate of drug-likeness (QED) is 0.648. The van der Waals surface area contributed by atoms with Crippen molar-refractivity contribution < 1.29 is 14.7 Å². The maximum Gasteiger partial charge on any atom is 0.207 e. The van der Waals surface area contributed by atoms with Gasteiger partial charge in [0.1, 0.15) is 5.75 Å². The Labute approximate surface area is 169 Å². The molecular formula is C21H25N4O2S+. The summed E-state index contributed by atoms with van der Waals surface area (Å²) in [6, 6.07) is 18.0. The molecular weight excluding hydrogens is 372 g/mol. The third-order valence-electron chi connectivity index (χ3n) is 5.24. The number of benzene rings is 2. The van der Waals surface area contributed by atoms with E-state index in [1.807, 2.05) is 63.8 Å². The molecule has 3 aromatic rings. The fraction of sp³-hybridized carbons (Fsp3) is 0.333. The van der Waals surface area contributed by atoms with Gasteiger partial charge < -0.3 is 14.7 Å². The first-order valence-electron chi connectivity index (χ1n) is 9.57. The number of quaternary nitrogens is 1. The summed E-state index contributed by atoms with van der Waals surface area (Å²) in [5, 5.41) is 14.6. The van der Waals surface area contributed by atoms with Crippen molar-refractivity contribution in [2.24, 2.45) is 0 Å². The van der Waals surface area contributed by atoms with Crippen molar-refractivity contribution in [2.45, 2.75) is 25.6 Å². The lowest BCUT2D eigenvalue weighted by Crippen LogP contribution is -3.12. The molecule has 1 fully saturated rings. The highest BCUT2D eigenvalue weighted by Crippen LogP contribution is 2.24. The number of nitrogens with zero attached hydrogens (tertiary/aromatic N) is 3. The van der Waals surface area contributed by atoms with Gasteiger partial charge in [0.15, 0.2) is 12.5 Å². The van der Waals surface area contributed by atoms with Gasteiger partial charge in [-0.05, 0) is 48.6 Å². The summed E-state index contributed by atoms with van der Waals surface area (Å²) in [5.74, 6) is 1.62. The van der Waals surface area contributed by atoms with Gasteiger partial charge in [-0.25, -0.2) is 0 Å². The molecule has 0 aliphatic carbocycles. The van der Waals surface area contributed by atoms with Crippen molar-refractivity contribution >= 4 is 12.2 Å². The molecule has 2 heterocycles. The van der Waals surface area contributed by atoms with Crippen molar-refractivity contribution in [2.75, 3.05) is 20.2 Å². The van der Waals surface area contributed by atoms with Crippen LogP contribution in [0.15, 0.2) is 54.6 Å². The second-order valence-electron chi connectivity index (χ2n) is 7.14. The maximum absolute atomic E-state index is 9.77. The molecule has 1 aliphatic rings. The lowest BCUT2D eigenvalue weighted by molar-refractivity contribution is -0.929. The van der Waals surface area contributed by atoms with E-state index in [0.29, 0.717) is 11.4 Å². The highest BCUT2D eigenvalue weighted by molar-refractivity contribution is 7.71. The largest absolute Gasteiger partial charge is 0.497 e.